The molecule has 3 aliphatic rings. The van der Waals surface area contributed by atoms with Crippen LogP contribution in [0.2, 0.25) is 10.0 Å². The first-order chi connectivity index (χ1) is 15.1. The van der Waals surface area contributed by atoms with Crippen LogP contribution >= 0.6 is 23.2 Å². The number of nitrogens with two attached hydrogens (primary N) is 1. The maximum absolute atomic E-state index is 6.42. The Kier molecular flexibility index (Phi) is 8.38. The highest BCUT2D eigenvalue weighted by Gasteiger charge is 2.27. The number of hydrogen-bond acceptors (Lipinski definition) is 3. The average molecular weight is 467 g/mol. The molecule has 4 rings (SSSR count). The maximum atomic E-state index is 6.42. The second-order valence-electron chi connectivity index (χ2n) is 9.49. The largest absolute Gasteiger partial charge is 0.378 e. The molecule has 2 saturated carbocycles. The number of rotatable bonds is 4. The molecule has 0 unspecified atom stereocenters. The van der Waals surface area contributed by atoms with Gasteiger partial charge in [0.15, 0.2) is 5.96 Å². The van der Waals surface area contributed by atoms with Gasteiger partial charge in [-0.3, -0.25) is 0 Å². The number of nitrogens with one attached hydrogen (secondary N) is 1. The van der Waals surface area contributed by atoms with Crippen molar-refractivity contribution in [2.75, 3.05) is 31.6 Å². The van der Waals surface area contributed by atoms with Crippen molar-refractivity contribution in [1.29, 1.82) is 0 Å². The smallest absolute Gasteiger partial charge is 0.198 e. The number of ether oxygens (including phenoxy) is 1. The van der Waals surface area contributed by atoms with E-state index in [1.807, 2.05) is 12.1 Å². The molecule has 0 bridgehead atoms. The third-order valence-electron chi connectivity index (χ3n) is 7.17. The van der Waals surface area contributed by atoms with E-state index in [4.69, 9.17) is 38.7 Å². The second kappa shape index (κ2) is 11.2. The van der Waals surface area contributed by atoms with Crippen molar-refractivity contribution in [2.24, 2.45) is 22.6 Å². The van der Waals surface area contributed by atoms with Crippen LogP contribution in [0.25, 0.3) is 0 Å². The molecule has 1 heterocycles. The summed E-state index contributed by atoms with van der Waals surface area (Å²) in [4.78, 5) is 7.46. The van der Waals surface area contributed by atoms with Crippen LogP contribution in [-0.2, 0) is 4.74 Å². The minimum Gasteiger partial charge on any atom is -0.378 e. The van der Waals surface area contributed by atoms with E-state index in [9.17, 15) is 0 Å². The lowest BCUT2D eigenvalue weighted by atomic mass is 9.76. The molecule has 2 aliphatic carbocycles. The molecule has 0 radical (unpaired) electrons. The fourth-order valence-corrected chi connectivity index (χ4v) is 5.71. The van der Waals surface area contributed by atoms with E-state index < -0.39 is 0 Å². The standard InChI is InChI=1S/C24H36Cl2N4O/c25-19-5-10-23(22(26)16-19)29-24(30-11-13-31-14-12-30)28-21-8-3-18(4-9-21)15-17-1-6-20(27)7-2-17/h5,10,16-18,20-21H,1-4,6-9,11-15,27H2,(H,28,29). The zero-order valence-electron chi connectivity index (χ0n) is 18.4. The van der Waals surface area contributed by atoms with Crippen molar-refractivity contribution < 1.29 is 4.74 Å². The van der Waals surface area contributed by atoms with Crippen LogP contribution in [-0.4, -0.2) is 49.2 Å². The van der Waals surface area contributed by atoms with Crippen LogP contribution in [0.5, 0.6) is 0 Å². The van der Waals surface area contributed by atoms with Gasteiger partial charge in [-0.25, -0.2) is 4.99 Å². The normalized spacial score (nSPS) is 30.3. The van der Waals surface area contributed by atoms with Crippen molar-refractivity contribution >= 4 is 34.8 Å². The van der Waals surface area contributed by atoms with Crippen molar-refractivity contribution in [2.45, 2.75) is 69.9 Å². The Morgan fingerprint density at radius 1 is 1.00 bits per heavy atom. The van der Waals surface area contributed by atoms with E-state index in [2.05, 4.69) is 10.2 Å². The van der Waals surface area contributed by atoms with Crippen LogP contribution in [0, 0.1) is 11.8 Å². The van der Waals surface area contributed by atoms with Crippen LogP contribution in [0.4, 0.5) is 5.69 Å². The molecule has 7 heteroatoms. The fraction of sp³-hybridized carbons (Fsp3) is 0.708. The monoisotopic (exact) mass is 466 g/mol. The number of halogens is 2. The van der Waals surface area contributed by atoms with Crippen LogP contribution in [0.15, 0.2) is 23.2 Å². The molecule has 0 aromatic heterocycles. The average Bonchev–Trinajstić information content (AvgIpc) is 2.78. The molecule has 1 aromatic carbocycles. The topological polar surface area (TPSA) is 62.9 Å². The fourth-order valence-electron chi connectivity index (χ4n) is 5.26. The number of aliphatic imine (C=N–C) groups is 1. The number of morpholine rings is 1. The first-order valence-electron chi connectivity index (χ1n) is 11.9. The SMILES string of the molecule is NC1CCC(CC2CCC(N=C(Nc3ccc(Cl)cc3Cl)N3CCOCC3)CC2)CC1. The van der Waals surface area contributed by atoms with Gasteiger partial charge in [-0.15, -0.1) is 0 Å². The van der Waals surface area contributed by atoms with Gasteiger partial charge in [0.1, 0.15) is 0 Å². The van der Waals surface area contributed by atoms with Gasteiger partial charge in [-0.1, -0.05) is 23.2 Å². The van der Waals surface area contributed by atoms with E-state index >= 15 is 0 Å². The zero-order chi connectivity index (χ0) is 21.6. The molecule has 0 spiro atoms. The van der Waals surface area contributed by atoms with Gasteiger partial charge in [0.2, 0.25) is 0 Å². The molecule has 31 heavy (non-hydrogen) atoms. The second-order valence-corrected chi connectivity index (χ2v) is 10.3. The van der Waals surface area contributed by atoms with Crippen molar-refractivity contribution in [3.8, 4) is 0 Å². The third-order valence-corrected chi connectivity index (χ3v) is 7.72. The van der Waals surface area contributed by atoms with E-state index in [0.717, 1.165) is 49.8 Å². The summed E-state index contributed by atoms with van der Waals surface area (Å²) in [6, 6.07) is 6.36. The summed E-state index contributed by atoms with van der Waals surface area (Å²) >= 11 is 12.5. The molecule has 1 saturated heterocycles. The van der Waals surface area contributed by atoms with E-state index in [0.29, 0.717) is 22.1 Å². The Morgan fingerprint density at radius 2 is 1.65 bits per heavy atom. The number of benzene rings is 1. The third kappa shape index (κ3) is 6.74. The van der Waals surface area contributed by atoms with Crippen LogP contribution in [0.3, 0.4) is 0 Å². The molecule has 0 atom stereocenters. The minimum atomic E-state index is 0.368. The summed E-state index contributed by atoms with van der Waals surface area (Å²) in [7, 11) is 0. The Balaban J connectivity index is 1.37. The highest BCUT2D eigenvalue weighted by Crippen LogP contribution is 2.36. The molecule has 0 amide bonds. The Hall–Kier alpha value is -1.01. The van der Waals surface area contributed by atoms with E-state index in [-0.39, 0.29) is 0 Å². The summed E-state index contributed by atoms with van der Waals surface area (Å²) in [5.74, 6) is 2.66. The Bertz CT molecular complexity index is 737. The Morgan fingerprint density at radius 3 is 2.29 bits per heavy atom. The molecule has 1 aromatic rings. The molecule has 172 valence electrons. The summed E-state index contributed by atoms with van der Waals surface area (Å²) in [5.41, 5.74) is 6.93. The summed E-state index contributed by atoms with van der Waals surface area (Å²) in [6.45, 7) is 3.14. The van der Waals surface area contributed by atoms with Gasteiger partial charge >= 0.3 is 0 Å². The number of nitrogens with zero attached hydrogens (tertiary/aromatic N) is 2. The molecule has 3 fully saturated rings. The summed E-state index contributed by atoms with van der Waals surface area (Å²) < 4.78 is 5.55. The lowest BCUT2D eigenvalue weighted by Gasteiger charge is -2.34. The van der Waals surface area contributed by atoms with Crippen molar-refractivity contribution in [1.82, 2.24) is 4.90 Å². The molecular formula is C24H36Cl2N4O. The van der Waals surface area contributed by atoms with Gasteiger partial charge in [-0.2, -0.15) is 0 Å². The first kappa shape index (κ1) is 23.2. The van der Waals surface area contributed by atoms with Crippen molar-refractivity contribution in [3.63, 3.8) is 0 Å². The van der Waals surface area contributed by atoms with Crippen LogP contribution in [0.1, 0.15) is 57.8 Å². The van der Waals surface area contributed by atoms with Gasteiger partial charge in [0.25, 0.3) is 0 Å². The zero-order valence-corrected chi connectivity index (χ0v) is 19.9. The highest BCUT2D eigenvalue weighted by molar-refractivity contribution is 6.36. The lowest BCUT2D eigenvalue weighted by molar-refractivity contribution is 0.0677. The predicted octanol–water partition coefficient (Wildman–Crippen LogP) is 5.56. The molecule has 1 aliphatic heterocycles. The quantitative estimate of drug-likeness (QED) is 0.450. The summed E-state index contributed by atoms with van der Waals surface area (Å²) in [5, 5.41) is 4.74. The van der Waals surface area contributed by atoms with E-state index in [1.54, 1.807) is 6.07 Å². The molecular weight excluding hydrogens is 431 g/mol. The first-order valence-corrected chi connectivity index (χ1v) is 12.7. The van der Waals surface area contributed by atoms with Gasteiger partial charge in [0.05, 0.1) is 30.0 Å². The highest BCUT2D eigenvalue weighted by atomic mass is 35.5. The maximum Gasteiger partial charge on any atom is 0.198 e. The van der Waals surface area contributed by atoms with Gasteiger partial charge < -0.3 is 20.7 Å². The summed E-state index contributed by atoms with van der Waals surface area (Å²) in [6.07, 6.45) is 11.4. The Labute approximate surface area is 196 Å². The predicted molar refractivity (Wildman–Crippen MR) is 130 cm³/mol. The number of guanidine groups is 1. The number of anilines is 1. The van der Waals surface area contributed by atoms with Crippen molar-refractivity contribution in [3.05, 3.63) is 28.2 Å². The van der Waals surface area contributed by atoms with Gasteiger partial charge in [-0.05, 0) is 87.8 Å². The minimum absolute atomic E-state index is 0.368. The van der Waals surface area contributed by atoms with Crippen LogP contribution < -0.4 is 11.1 Å². The number of hydrogen-bond donors (Lipinski definition) is 2. The molecule has 3 N–H and O–H groups in total. The lowest BCUT2D eigenvalue weighted by Crippen LogP contribution is -2.44. The molecule has 5 nitrogen and oxygen atoms in total. The van der Waals surface area contributed by atoms with E-state index in [1.165, 1.54) is 57.8 Å². The van der Waals surface area contributed by atoms with Gasteiger partial charge in [0, 0.05) is 24.2 Å².